The molecule has 3 fully saturated rings. The van der Waals surface area contributed by atoms with Crippen molar-refractivity contribution in [2.75, 3.05) is 26.2 Å². The van der Waals surface area contributed by atoms with Gasteiger partial charge in [0.1, 0.15) is 0 Å². The predicted molar refractivity (Wildman–Crippen MR) is 145 cm³/mol. The van der Waals surface area contributed by atoms with Gasteiger partial charge in [-0.1, -0.05) is 44.2 Å². The number of nitrogens with zero attached hydrogens (tertiary/aromatic N) is 5. The third kappa shape index (κ3) is 4.91. The van der Waals surface area contributed by atoms with E-state index in [1.807, 2.05) is 35.2 Å². The summed E-state index contributed by atoms with van der Waals surface area (Å²) in [5.41, 5.74) is 1.28. The molecule has 0 bridgehead atoms. The fourth-order valence-corrected chi connectivity index (χ4v) is 6.07. The molecule has 0 unspecified atom stereocenters. The summed E-state index contributed by atoms with van der Waals surface area (Å²) in [7, 11) is 0. The van der Waals surface area contributed by atoms with Gasteiger partial charge in [0.25, 0.3) is 11.5 Å². The molecule has 1 spiro atoms. The highest BCUT2D eigenvalue weighted by Gasteiger charge is 2.61. The van der Waals surface area contributed by atoms with Crippen LogP contribution in [0.15, 0.2) is 59.7 Å². The Labute approximate surface area is 231 Å². The normalized spacial score (nSPS) is 22.1. The summed E-state index contributed by atoms with van der Waals surface area (Å²) in [6, 6.07) is 12.8. The molecule has 2 aliphatic heterocycles. The average Bonchev–Trinajstić information content (AvgIpc) is 3.25. The van der Waals surface area contributed by atoms with E-state index in [-0.39, 0.29) is 47.7 Å². The van der Waals surface area contributed by atoms with Crippen LogP contribution in [0.2, 0.25) is 0 Å². The number of benzene rings is 1. The topological polar surface area (TPSA) is 133 Å². The Morgan fingerprint density at radius 1 is 1.02 bits per heavy atom. The van der Waals surface area contributed by atoms with Crippen LogP contribution >= 0.6 is 0 Å². The first-order valence-corrected chi connectivity index (χ1v) is 13.6. The molecule has 208 valence electrons. The van der Waals surface area contributed by atoms with E-state index in [4.69, 9.17) is 0 Å². The highest BCUT2D eigenvalue weighted by atomic mass is 16.2. The van der Waals surface area contributed by atoms with Gasteiger partial charge in [-0.3, -0.25) is 23.9 Å². The van der Waals surface area contributed by atoms with E-state index in [0.29, 0.717) is 37.4 Å². The third-order valence-electron chi connectivity index (χ3n) is 8.63. The molecular weight excluding hydrogens is 510 g/mol. The summed E-state index contributed by atoms with van der Waals surface area (Å²) in [5.74, 6) is -0.682. The van der Waals surface area contributed by atoms with E-state index >= 15 is 0 Å². The smallest absolute Gasteiger partial charge is 0.264 e. The van der Waals surface area contributed by atoms with Crippen molar-refractivity contribution >= 4 is 17.7 Å². The van der Waals surface area contributed by atoms with Crippen LogP contribution in [0.5, 0.6) is 0 Å². The summed E-state index contributed by atoms with van der Waals surface area (Å²) < 4.78 is 1.73. The number of H-pyrrole nitrogens is 1. The fourth-order valence-electron chi connectivity index (χ4n) is 6.07. The molecule has 1 saturated carbocycles. The van der Waals surface area contributed by atoms with E-state index in [9.17, 15) is 19.2 Å². The van der Waals surface area contributed by atoms with Gasteiger partial charge in [0.05, 0.1) is 36.5 Å². The number of likely N-dealkylation sites (tertiary alicyclic amines) is 2. The van der Waals surface area contributed by atoms with E-state index in [0.717, 1.165) is 12.0 Å². The van der Waals surface area contributed by atoms with Crippen LogP contribution in [-0.2, 0) is 22.7 Å². The molecule has 40 heavy (non-hydrogen) atoms. The Morgan fingerprint density at radius 3 is 2.42 bits per heavy atom. The largest absolute Gasteiger partial charge is 0.350 e. The number of aromatic nitrogens is 4. The average molecular weight is 544 g/mol. The van der Waals surface area contributed by atoms with Crippen molar-refractivity contribution in [2.45, 2.75) is 33.4 Å². The van der Waals surface area contributed by atoms with Gasteiger partial charge < -0.3 is 15.1 Å². The molecule has 1 aromatic carbocycles. The standard InChI is InChI=1S/C29H33N7O4/c1-28(2)10-22(28)27(40)35-17-29(18-35)16-34(15-23(29)25(38)30-12-21-8-9-24(37)33-32-21)26(39)20-11-31-36(14-20)13-19-6-4-3-5-7-19/h3-9,11,14,22-23H,10,12-13,15-18H2,1-2H3,(H,30,38)(H,33,37)/t22-,23+/m1/s1. The van der Waals surface area contributed by atoms with Gasteiger partial charge in [0.15, 0.2) is 0 Å². The van der Waals surface area contributed by atoms with E-state index in [2.05, 4.69) is 34.5 Å². The highest BCUT2D eigenvalue weighted by Crippen LogP contribution is 2.54. The number of hydrogen-bond donors (Lipinski definition) is 2. The number of carbonyl (C=O) groups is 3. The van der Waals surface area contributed by atoms with Crippen LogP contribution in [0.4, 0.5) is 0 Å². The lowest BCUT2D eigenvalue weighted by Crippen LogP contribution is -2.64. The van der Waals surface area contributed by atoms with Crippen LogP contribution in [0.25, 0.3) is 0 Å². The van der Waals surface area contributed by atoms with Crippen molar-refractivity contribution in [3.8, 4) is 0 Å². The lowest BCUT2D eigenvalue weighted by Gasteiger charge is -2.50. The molecule has 3 amide bonds. The number of carbonyl (C=O) groups excluding carboxylic acids is 3. The molecule has 6 rings (SSSR count). The summed E-state index contributed by atoms with van der Waals surface area (Å²) >= 11 is 0. The van der Waals surface area contributed by atoms with Crippen molar-refractivity contribution in [1.29, 1.82) is 0 Å². The van der Waals surface area contributed by atoms with Crippen LogP contribution < -0.4 is 10.9 Å². The second-order valence-electron chi connectivity index (χ2n) is 12.1. The first-order valence-electron chi connectivity index (χ1n) is 13.6. The van der Waals surface area contributed by atoms with Crippen molar-refractivity contribution in [2.24, 2.45) is 22.7 Å². The van der Waals surface area contributed by atoms with Crippen LogP contribution in [0.3, 0.4) is 0 Å². The van der Waals surface area contributed by atoms with Gasteiger partial charge in [-0.25, -0.2) is 5.10 Å². The van der Waals surface area contributed by atoms with Crippen molar-refractivity contribution in [3.63, 3.8) is 0 Å². The summed E-state index contributed by atoms with van der Waals surface area (Å²) in [6.45, 7) is 6.44. The number of hydrogen-bond acceptors (Lipinski definition) is 6. The van der Waals surface area contributed by atoms with Gasteiger partial charge in [0.2, 0.25) is 11.8 Å². The predicted octanol–water partition coefficient (Wildman–Crippen LogP) is 1.28. The number of amides is 3. The molecule has 11 nitrogen and oxygen atoms in total. The van der Waals surface area contributed by atoms with Crippen LogP contribution in [0.1, 0.15) is 41.9 Å². The minimum Gasteiger partial charge on any atom is -0.350 e. The second-order valence-corrected chi connectivity index (χ2v) is 12.1. The maximum Gasteiger partial charge on any atom is 0.264 e. The Kier molecular flexibility index (Phi) is 6.31. The first-order chi connectivity index (χ1) is 19.1. The fraction of sp³-hybridized carbons (Fsp3) is 0.448. The van der Waals surface area contributed by atoms with Crippen LogP contribution in [-0.4, -0.2) is 73.7 Å². The molecule has 2 saturated heterocycles. The van der Waals surface area contributed by atoms with E-state index in [1.54, 1.807) is 28.0 Å². The minimum atomic E-state index is -0.507. The number of aromatic amines is 1. The summed E-state index contributed by atoms with van der Waals surface area (Å²) in [5, 5.41) is 13.6. The minimum absolute atomic E-state index is 0.0256. The highest BCUT2D eigenvalue weighted by molar-refractivity contribution is 5.95. The van der Waals surface area contributed by atoms with E-state index < -0.39 is 11.3 Å². The zero-order valence-corrected chi connectivity index (χ0v) is 22.7. The summed E-state index contributed by atoms with van der Waals surface area (Å²) in [4.78, 5) is 54.9. The molecular formula is C29H33N7O4. The molecule has 11 heteroatoms. The second kappa shape index (κ2) is 9.72. The number of rotatable bonds is 7. The van der Waals surface area contributed by atoms with Gasteiger partial charge in [0, 0.05) is 49.8 Å². The zero-order chi connectivity index (χ0) is 28.1. The van der Waals surface area contributed by atoms with Crippen LogP contribution in [0, 0.1) is 22.7 Å². The van der Waals surface area contributed by atoms with E-state index in [1.165, 1.54) is 6.07 Å². The third-order valence-corrected chi connectivity index (χ3v) is 8.63. The molecule has 2 N–H and O–H groups in total. The summed E-state index contributed by atoms with van der Waals surface area (Å²) in [6.07, 6.45) is 4.19. The van der Waals surface area contributed by atoms with Gasteiger partial charge in [-0.05, 0) is 23.5 Å². The zero-order valence-electron chi connectivity index (χ0n) is 22.7. The Morgan fingerprint density at radius 2 is 1.75 bits per heavy atom. The molecule has 2 atom stereocenters. The Bertz CT molecular complexity index is 1490. The van der Waals surface area contributed by atoms with Crippen molar-refractivity contribution in [3.05, 3.63) is 82.0 Å². The Balaban J connectivity index is 1.16. The molecule has 4 heterocycles. The first kappa shape index (κ1) is 26.0. The Hall–Kier alpha value is -4.28. The van der Waals surface area contributed by atoms with Gasteiger partial charge in [-0.15, -0.1) is 0 Å². The SMILES string of the molecule is CC1(C)C[C@@H]1C(=O)N1CC2(CN(C(=O)c3cnn(Cc4ccccc4)c3)C[C@H]2C(=O)NCc2ccc(=O)[nH]n2)C1. The van der Waals surface area contributed by atoms with Gasteiger partial charge >= 0.3 is 0 Å². The molecule has 1 aliphatic carbocycles. The molecule has 3 aliphatic rings. The molecule has 2 aromatic heterocycles. The maximum atomic E-state index is 13.6. The maximum absolute atomic E-state index is 13.6. The van der Waals surface area contributed by atoms with Crippen molar-refractivity contribution in [1.82, 2.24) is 35.1 Å². The van der Waals surface area contributed by atoms with Crippen molar-refractivity contribution < 1.29 is 14.4 Å². The number of nitrogens with one attached hydrogen (secondary N) is 2. The lowest BCUT2D eigenvalue weighted by molar-refractivity contribution is -0.151. The monoisotopic (exact) mass is 543 g/mol. The lowest BCUT2D eigenvalue weighted by atomic mass is 9.71. The molecule has 3 aromatic rings. The van der Waals surface area contributed by atoms with Gasteiger partial charge in [-0.2, -0.15) is 10.2 Å². The molecule has 0 radical (unpaired) electrons. The quantitative estimate of drug-likeness (QED) is 0.461.